The Morgan fingerprint density at radius 1 is 1.17 bits per heavy atom. The second-order valence-corrected chi connectivity index (χ2v) is 9.03. The van der Waals surface area contributed by atoms with Crippen molar-refractivity contribution in [1.82, 2.24) is 9.97 Å². The summed E-state index contributed by atoms with van der Waals surface area (Å²) < 4.78 is 10.7. The monoisotopic (exact) mass is 411 g/mol. The van der Waals surface area contributed by atoms with Crippen LogP contribution in [0.5, 0.6) is 5.75 Å². The van der Waals surface area contributed by atoms with Gasteiger partial charge in [0.15, 0.2) is 0 Å². The van der Waals surface area contributed by atoms with Gasteiger partial charge in [-0.1, -0.05) is 13.8 Å². The Bertz CT molecular complexity index is 881. The number of methoxy groups -OCH3 is 1. The molecular weight excluding hydrogens is 378 g/mol. The Balaban J connectivity index is 2.07. The van der Waals surface area contributed by atoms with Gasteiger partial charge in [0.25, 0.3) is 0 Å². The fourth-order valence-corrected chi connectivity index (χ4v) is 3.84. The molecule has 0 aromatic carbocycles. The lowest BCUT2D eigenvalue weighted by molar-refractivity contribution is -0.146. The van der Waals surface area contributed by atoms with Crippen LogP contribution >= 0.6 is 0 Å². The number of hydrogen-bond acceptors (Lipinski definition) is 6. The van der Waals surface area contributed by atoms with Crippen LogP contribution in [0, 0.1) is 12.3 Å². The van der Waals surface area contributed by atoms with Crippen LogP contribution in [-0.2, 0) is 16.0 Å². The molecule has 30 heavy (non-hydrogen) atoms. The topological polar surface area (TPSA) is 64.6 Å². The smallest absolute Gasteiger partial charge is 0.310 e. The highest BCUT2D eigenvalue weighted by atomic mass is 16.5. The van der Waals surface area contributed by atoms with Gasteiger partial charge >= 0.3 is 5.97 Å². The van der Waals surface area contributed by atoms with Crippen molar-refractivity contribution in [3.05, 3.63) is 35.8 Å². The highest BCUT2D eigenvalue weighted by molar-refractivity contribution is 5.84. The first kappa shape index (κ1) is 22.1. The third kappa shape index (κ3) is 5.10. The second-order valence-electron chi connectivity index (χ2n) is 9.03. The molecule has 6 nitrogen and oxygen atoms in total. The third-order valence-corrected chi connectivity index (χ3v) is 5.73. The number of aryl methyl sites for hydroxylation is 1. The lowest BCUT2D eigenvalue weighted by atomic mass is 9.82. The van der Waals surface area contributed by atoms with E-state index in [9.17, 15) is 4.79 Å². The molecule has 0 amide bonds. The van der Waals surface area contributed by atoms with Gasteiger partial charge in [-0.25, -0.2) is 0 Å². The van der Waals surface area contributed by atoms with E-state index in [4.69, 9.17) is 9.47 Å². The van der Waals surface area contributed by atoms with E-state index in [1.54, 1.807) is 13.3 Å². The summed E-state index contributed by atoms with van der Waals surface area (Å²) in [5.41, 5.74) is 4.92. The molecule has 0 spiro atoms. The van der Waals surface area contributed by atoms with Gasteiger partial charge in [-0.15, -0.1) is 0 Å². The van der Waals surface area contributed by atoms with Crippen LogP contribution in [0.3, 0.4) is 0 Å². The molecule has 6 heteroatoms. The van der Waals surface area contributed by atoms with Crippen molar-refractivity contribution in [2.75, 3.05) is 25.1 Å². The van der Waals surface area contributed by atoms with Crippen LogP contribution in [0.25, 0.3) is 11.3 Å². The van der Waals surface area contributed by atoms with Crippen LogP contribution in [0.2, 0.25) is 0 Å². The summed E-state index contributed by atoms with van der Waals surface area (Å²) in [5, 5.41) is 0. The van der Waals surface area contributed by atoms with E-state index in [0.717, 1.165) is 54.1 Å². The lowest BCUT2D eigenvalue weighted by Crippen LogP contribution is -2.38. The maximum atomic E-state index is 12.5. The van der Waals surface area contributed by atoms with E-state index in [2.05, 4.69) is 28.7 Å². The second kappa shape index (κ2) is 9.02. The standard InChI is InChI=1S/C24H33N3O3/c1-16(2)30-22(28)13-19-17(3)25-15-20(21-8-7-18(29-6)14-26-21)23(19)27-11-9-24(4,5)10-12-27/h7-8,14-16H,9-13H2,1-6H3. The first-order valence-corrected chi connectivity index (χ1v) is 10.6. The number of aromatic nitrogens is 2. The first-order chi connectivity index (χ1) is 14.2. The van der Waals surface area contributed by atoms with Crippen molar-refractivity contribution in [2.45, 2.75) is 60.0 Å². The summed E-state index contributed by atoms with van der Waals surface area (Å²) in [4.78, 5) is 24.1. The average Bonchev–Trinajstić information content (AvgIpc) is 2.69. The average molecular weight is 412 g/mol. The van der Waals surface area contributed by atoms with E-state index >= 15 is 0 Å². The van der Waals surface area contributed by atoms with Gasteiger partial charge in [0.05, 0.1) is 37.2 Å². The van der Waals surface area contributed by atoms with E-state index in [1.165, 1.54) is 0 Å². The molecule has 0 unspecified atom stereocenters. The summed E-state index contributed by atoms with van der Waals surface area (Å²) in [6.07, 6.45) is 5.84. The van der Waals surface area contributed by atoms with Crippen molar-refractivity contribution in [1.29, 1.82) is 0 Å². The van der Waals surface area contributed by atoms with Crippen LogP contribution in [0.15, 0.2) is 24.5 Å². The van der Waals surface area contributed by atoms with Crippen molar-refractivity contribution < 1.29 is 14.3 Å². The number of carbonyl (C=O) groups excluding carboxylic acids is 1. The summed E-state index contributed by atoms with van der Waals surface area (Å²) in [6, 6.07) is 3.84. The molecule has 0 atom stereocenters. The van der Waals surface area contributed by atoms with Crippen LogP contribution in [-0.4, -0.2) is 42.2 Å². The van der Waals surface area contributed by atoms with Gasteiger partial charge in [0.1, 0.15) is 5.75 Å². The number of pyridine rings is 2. The van der Waals surface area contributed by atoms with E-state index in [0.29, 0.717) is 11.2 Å². The van der Waals surface area contributed by atoms with Crippen molar-refractivity contribution >= 4 is 11.7 Å². The Kier molecular flexibility index (Phi) is 6.64. The van der Waals surface area contributed by atoms with Gasteiger partial charge in [0.2, 0.25) is 0 Å². The Hall–Kier alpha value is -2.63. The van der Waals surface area contributed by atoms with E-state index in [-0.39, 0.29) is 18.5 Å². The minimum absolute atomic E-state index is 0.142. The zero-order valence-corrected chi connectivity index (χ0v) is 19.0. The molecule has 1 aliphatic rings. The maximum absolute atomic E-state index is 12.5. The number of ether oxygens (including phenoxy) is 2. The zero-order chi connectivity index (χ0) is 21.9. The Labute approximate surface area is 179 Å². The SMILES string of the molecule is COc1ccc(-c2cnc(C)c(CC(=O)OC(C)C)c2N2CCC(C)(C)CC2)nc1. The summed E-state index contributed by atoms with van der Waals surface area (Å²) in [5.74, 6) is 0.481. The lowest BCUT2D eigenvalue weighted by Gasteiger charge is -2.40. The molecule has 1 fully saturated rings. The minimum Gasteiger partial charge on any atom is -0.495 e. The van der Waals surface area contributed by atoms with Crippen LogP contribution in [0.4, 0.5) is 5.69 Å². The molecular formula is C24H33N3O3. The van der Waals surface area contributed by atoms with Crippen molar-refractivity contribution in [3.8, 4) is 17.0 Å². The maximum Gasteiger partial charge on any atom is 0.310 e. The molecule has 0 bridgehead atoms. The number of piperidine rings is 1. The van der Waals surface area contributed by atoms with Gasteiger partial charge in [-0.2, -0.15) is 0 Å². The number of anilines is 1. The quantitative estimate of drug-likeness (QED) is 0.648. The van der Waals surface area contributed by atoms with Crippen molar-refractivity contribution in [2.24, 2.45) is 5.41 Å². The van der Waals surface area contributed by atoms with Gasteiger partial charge in [0, 0.05) is 36.1 Å². The molecule has 0 radical (unpaired) electrons. The highest BCUT2D eigenvalue weighted by Gasteiger charge is 2.29. The molecule has 3 rings (SSSR count). The van der Waals surface area contributed by atoms with Gasteiger partial charge in [-0.3, -0.25) is 14.8 Å². The fraction of sp³-hybridized carbons (Fsp3) is 0.542. The molecule has 1 aliphatic heterocycles. The van der Waals surface area contributed by atoms with Crippen LogP contribution in [0.1, 0.15) is 51.8 Å². The molecule has 1 saturated heterocycles. The summed E-state index contributed by atoms with van der Waals surface area (Å²) >= 11 is 0. The number of esters is 1. The Morgan fingerprint density at radius 2 is 1.87 bits per heavy atom. The zero-order valence-electron chi connectivity index (χ0n) is 19.0. The molecule has 162 valence electrons. The largest absolute Gasteiger partial charge is 0.495 e. The predicted octanol–water partition coefficient (Wildman–Crippen LogP) is 4.58. The molecule has 0 N–H and O–H groups in total. The summed E-state index contributed by atoms with van der Waals surface area (Å²) in [7, 11) is 1.63. The van der Waals surface area contributed by atoms with E-state index < -0.39 is 0 Å². The van der Waals surface area contributed by atoms with E-state index in [1.807, 2.05) is 39.1 Å². The molecule has 2 aromatic heterocycles. The number of hydrogen-bond donors (Lipinski definition) is 0. The van der Waals surface area contributed by atoms with Gasteiger partial charge < -0.3 is 14.4 Å². The number of carbonyl (C=O) groups is 1. The highest BCUT2D eigenvalue weighted by Crippen LogP contribution is 2.39. The van der Waals surface area contributed by atoms with Crippen LogP contribution < -0.4 is 9.64 Å². The number of nitrogens with zero attached hydrogens (tertiary/aromatic N) is 3. The third-order valence-electron chi connectivity index (χ3n) is 5.73. The molecule has 3 heterocycles. The minimum atomic E-state index is -0.228. The van der Waals surface area contributed by atoms with Crippen molar-refractivity contribution in [3.63, 3.8) is 0 Å². The van der Waals surface area contributed by atoms with Gasteiger partial charge in [-0.05, 0) is 51.2 Å². The normalized spacial score (nSPS) is 15.9. The first-order valence-electron chi connectivity index (χ1n) is 10.6. The fourth-order valence-electron chi connectivity index (χ4n) is 3.84. The Morgan fingerprint density at radius 3 is 2.43 bits per heavy atom. The molecule has 2 aromatic rings. The molecule has 0 aliphatic carbocycles. The summed E-state index contributed by atoms with van der Waals surface area (Å²) in [6.45, 7) is 12.2. The molecule has 0 saturated carbocycles. The number of rotatable bonds is 6. The predicted molar refractivity (Wildman–Crippen MR) is 119 cm³/mol.